The highest BCUT2D eigenvalue weighted by molar-refractivity contribution is 5.94. The van der Waals surface area contributed by atoms with Crippen LogP contribution in [-0.2, 0) is 16.1 Å². The molecule has 2 rings (SSSR count). The normalized spacial score (nSPS) is 11.8. The minimum Gasteiger partial charge on any atom is -0.469 e. The van der Waals surface area contributed by atoms with Crippen LogP contribution in [0.25, 0.3) is 0 Å². The van der Waals surface area contributed by atoms with Crippen molar-refractivity contribution in [1.29, 1.82) is 0 Å². The van der Waals surface area contributed by atoms with Crippen LogP contribution in [0.15, 0.2) is 36.9 Å². The molecule has 0 aliphatic rings. The molecule has 0 fully saturated rings. The second-order valence-corrected chi connectivity index (χ2v) is 6.63. The summed E-state index contributed by atoms with van der Waals surface area (Å²) < 4.78 is 6.78. The molecule has 1 amide bonds. The number of rotatable bonds is 8. The minimum atomic E-state index is -0.372. The monoisotopic (exact) mass is 357 g/mol. The van der Waals surface area contributed by atoms with Crippen LogP contribution in [0.3, 0.4) is 0 Å². The molecule has 0 saturated carbocycles. The molecule has 2 aromatic rings. The summed E-state index contributed by atoms with van der Waals surface area (Å²) in [6, 6.07) is 5.70. The minimum absolute atomic E-state index is 0.0607. The lowest BCUT2D eigenvalue weighted by atomic mass is 10.0. The summed E-state index contributed by atoms with van der Waals surface area (Å²) in [4.78, 5) is 30.6. The molecule has 0 aliphatic carbocycles. The topological polar surface area (TPSA) is 64.4 Å². The molecule has 0 aliphatic heterocycles. The van der Waals surface area contributed by atoms with Gasteiger partial charge < -0.3 is 14.2 Å². The van der Waals surface area contributed by atoms with Crippen LogP contribution in [0, 0.1) is 19.8 Å². The van der Waals surface area contributed by atoms with E-state index in [1.165, 1.54) is 7.11 Å². The van der Waals surface area contributed by atoms with Gasteiger partial charge in [-0.05, 0) is 43.5 Å². The molecule has 26 heavy (non-hydrogen) atoms. The Kier molecular flexibility index (Phi) is 6.95. The number of methoxy groups -OCH3 is 1. The number of nitrogens with zero attached hydrogens (tertiary/aromatic N) is 3. The van der Waals surface area contributed by atoms with Crippen molar-refractivity contribution in [3.05, 3.63) is 53.6 Å². The number of hydrogen-bond acceptors (Lipinski definition) is 4. The first-order valence-electron chi connectivity index (χ1n) is 8.82. The van der Waals surface area contributed by atoms with Crippen molar-refractivity contribution in [3.8, 4) is 0 Å². The maximum atomic E-state index is 13.0. The lowest BCUT2D eigenvalue weighted by molar-refractivity contribution is -0.145. The first-order chi connectivity index (χ1) is 12.4. The van der Waals surface area contributed by atoms with Gasteiger partial charge >= 0.3 is 5.97 Å². The fraction of sp³-hybridized carbons (Fsp3) is 0.450. The average molecular weight is 357 g/mol. The Labute approximate surface area is 154 Å². The lowest BCUT2D eigenvalue weighted by Crippen LogP contribution is -2.38. The van der Waals surface area contributed by atoms with Crippen molar-refractivity contribution >= 4 is 11.9 Å². The van der Waals surface area contributed by atoms with Crippen LogP contribution in [0.5, 0.6) is 0 Å². The smallest absolute Gasteiger partial charge is 0.310 e. The van der Waals surface area contributed by atoms with Crippen molar-refractivity contribution in [1.82, 2.24) is 14.5 Å². The molecule has 1 atom stereocenters. The van der Waals surface area contributed by atoms with Gasteiger partial charge in [0.15, 0.2) is 0 Å². The molecule has 6 heteroatoms. The Hall–Kier alpha value is -2.63. The van der Waals surface area contributed by atoms with E-state index in [2.05, 4.69) is 4.98 Å². The van der Waals surface area contributed by atoms with Gasteiger partial charge in [0.25, 0.3) is 5.91 Å². The summed E-state index contributed by atoms with van der Waals surface area (Å²) >= 11 is 0. The fourth-order valence-electron chi connectivity index (χ4n) is 2.80. The number of imidazole rings is 1. The molecule has 140 valence electrons. The summed E-state index contributed by atoms with van der Waals surface area (Å²) in [6.07, 6.45) is 6.16. The van der Waals surface area contributed by atoms with Crippen LogP contribution in [-0.4, -0.2) is 46.5 Å². The van der Waals surface area contributed by atoms with E-state index < -0.39 is 0 Å². The van der Waals surface area contributed by atoms with E-state index >= 15 is 0 Å². The molecule has 1 unspecified atom stereocenters. The maximum Gasteiger partial charge on any atom is 0.310 e. The van der Waals surface area contributed by atoms with Crippen molar-refractivity contribution in [2.75, 3.05) is 20.2 Å². The third-order valence-corrected chi connectivity index (χ3v) is 4.54. The molecule has 0 spiro atoms. The Morgan fingerprint density at radius 1 is 1.27 bits per heavy atom. The molecular formula is C20H27N3O3. The number of carbonyl (C=O) groups excluding carboxylic acids is 2. The summed E-state index contributed by atoms with van der Waals surface area (Å²) in [5, 5.41) is 0. The molecule has 6 nitrogen and oxygen atoms in total. The van der Waals surface area contributed by atoms with Gasteiger partial charge in [-0.15, -0.1) is 0 Å². The van der Waals surface area contributed by atoms with E-state index in [4.69, 9.17) is 4.74 Å². The van der Waals surface area contributed by atoms with Gasteiger partial charge in [0.05, 0.1) is 19.4 Å². The summed E-state index contributed by atoms with van der Waals surface area (Å²) in [7, 11) is 1.37. The largest absolute Gasteiger partial charge is 0.469 e. The maximum absolute atomic E-state index is 13.0. The highest BCUT2D eigenvalue weighted by Crippen LogP contribution is 2.14. The molecule has 0 saturated heterocycles. The van der Waals surface area contributed by atoms with E-state index in [-0.39, 0.29) is 17.8 Å². The number of esters is 1. The molecule has 0 N–H and O–H groups in total. The molecule has 1 heterocycles. The third kappa shape index (κ3) is 5.18. The van der Waals surface area contributed by atoms with Gasteiger partial charge in [0.2, 0.25) is 0 Å². The molecule has 0 bridgehead atoms. The summed E-state index contributed by atoms with van der Waals surface area (Å²) in [5.41, 5.74) is 2.87. The van der Waals surface area contributed by atoms with E-state index in [1.807, 2.05) is 42.8 Å². The number of hydrogen-bond donors (Lipinski definition) is 0. The van der Waals surface area contributed by atoms with Gasteiger partial charge in [-0.2, -0.15) is 0 Å². The van der Waals surface area contributed by atoms with Gasteiger partial charge in [0.1, 0.15) is 0 Å². The first-order valence-corrected chi connectivity index (χ1v) is 8.82. The number of aromatic nitrogens is 2. The van der Waals surface area contributed by atoms with Crippen molar-refractivity contribution < 1.29 is 14.3 Å². The van der Waals surface area contributed by atoms with Crippen LogP contribution in [0.1, 0.15) is 34.8 Å². The van der Waals surface area contributed by atoms with Gasteiger partial charge in [-0.25, -0.2) is 4.98 Å². The second-order valence-electron chi connectivity index (χ2n) is 6.63. The van der Waals surface area contributed by atoms with Crippen LogP contribution in [0.4, 0.5) is 0 Å². The molecular weight excluding hydrogens is 330 g/mol. The van der Waals surface area contributed by atoms with Crippen molar-refractivity contribution in [3.63, 3.8) is 0 Å². The predicted molar refractivity (Wildman–Crippen MR) is 99.8 cm³/mol. The number of ether oxygens (including phenoxy) is 1. The lowest BCUT2D eigenvalue weighted by Gasteiger charge is -2.25. The van der Waals surface area contributed by atoms with Crippen LogP contribution < -0.4 is 0 Å². The Morgan fingerprint density at radius 2 is 2.04 bits per heavy atom. The molecule has 1 aromatic heterocycles. The van der Waals surface area contributed by atoms with Crippen molar-refractivity contribution in [2.45, 2.75) is 33.7 Å². The summed E-state index contributed by atoms with van der Waals surface area (Å²) in [6.45, 7) is 7.46. The van der Waals surface area contributed by atoms with E-state index in [0.29, 0.717) is 18.7 Å². The third-order valence-electron chi connectivity index (χ3n) is 4.54. The van der Waals surface area contributed by atoms with Gasteiger partial charge in [-0.3, -0.25) is 9.59 Å². The number of benzene rings is 1. The van der Waals surface area contributed by atoms with Gasteiger partial charge in [0, 0.05) is 37.6 Å². The van der Waals surface area contributed by atoms with E-state index in [1.54, 1.807) is 24.3 Å². The fourth-order valence-corrected chi connectivity index (χ4v) is 2.80. The zero-order valence-corrected chi connectivity index (χ0v) is 15.9. The zero-order valence-electron chi connectivity index (χ0n) is 15.9. The average Bonchev–Trinajstić information content (AvgIpc) is 3.15. The molecule has 0 radical (unpaired) electrons. The second kappa shape index (κ2) is 9.17. The van der Waals surface area contributed by atoms with Crippen LogP contribution >= 0.6 is 0 Å². The van der Waals surface area contributed by atoms with Crippen molar-refractivity contribution in [2.24, 2.45) is 5.92 Å². The van der Waals surface area contributed by atoms with Gasteiger partial charge in [-0.1, -0.05) is 13.0 Å². The van der Waals surface area contributed by atoms with E-state index in [9.17, 15) is 9.59 Å². The highest BCUT2D eigenvalue weighted by Gasteiger charge is 2.22. The Morgan fingerprint density at radius 3 is 2.65 bits per heavy atom. The SMILES string of the molecule is COC(=O)C(C)CN(CCCn1ccnc1)C(=O)c1ccc(C)c(C)c1. The predicted octanol–water partition coefficient (Wildman–Crippen LogP) is 2.84. The zero-order chi connectivity index (χ0) is 19.1. The van der Waals surface area contributed by atoms with Crippen LogP contribution in [0.2, 0.25) is 0 Å². The summed E-state index contributed by atoms with van der Waals surface area (Å²) in [5.74, 6) is -0.740. The Balaban J connectivity index is 2.10. The molecule has 1 aromatic carbocycles. The van der Waals surface area contributed by atoms with E-state index in [0.717, 1.165) is 24.1 Å². The standard InChI is InChI=1S/C20H27N3O3/c1-15-6-7-18(12-16(15)2)19(24)23(13-17(3)20(25)26-4)10-5-9-22-11-8-21-14-22/h6-8,11-12,14,17H,5,9-10,13H2,1-4H3. The first kappa shape index (κ1) is 19.7. The Bertz CT molecular complexity index is 741. The highest BCUT2D eigenvalue weighted by atomic mass is 16.5. The number of amides is 1. The number of aryl methyl sites for hydroxylation is 3. The quantitative estimate of drug-likeness (QED) is 0.682. The number of carbonyl (C=O) groups is 2.